The number of carboxylic acids is 1. The number of carbonyl (C=O) groups is 2. The van der Waals surface area contributed by atoms with Crippen LogP contribution in [0.2, 0.25) is 0 Å². The molecular weight excluding hydrogens is 268 g/mol. The van der Waals surface area contributed by atoms with E-state index in [9.17, 15) is 14.7 Å². The van der Waals surface area contributed by atoms with E-state index in [4.69, 9.17) is 0 Å². The monoisotopic (exact) mass is 290 g/mol. The zero-order chi connectivity index (χ0) is 15.3. The third-order valence-corrected chi connectivity index (χ3v) is 4.02. The van der Waals surface area contributed by atoms with Gasteiger partial charge >= 0.3 is 12.0 Å². The minimum Gasteiger partial charge on any atom is -0.479 e. The maximum Gasteiger partial charge on any atom is 0.330 e. The Labute approximate surface area is 124 Å². The number of aliphatic carboxylic acids is 1. The first-order chi connectivity index (χ1) is 10.1. The fourth-order valence-corrected chi connectivity index (χ4v) is 2.61. The zero-order valence-corrected chi connectivity index (χ0v) is 12.3. The highest BCUT2D eigenvalue weighted by atomic mass is 16.4. The molecular formula is C16H22N2O3. The summed E-state index contributed by atoms with van der Waals surface area (Å²) >= 11 is 0. The molecule has 2 amide bonds. The van der Waals surface area contributed by atoms with E-state index < -0.39 is 18.0 Å². The Morgan fingerprint density at radius 2 is 1.95 bits per heavy atom. The molecule has 1 aliphatic carbocycles. The molecule has 0 bridgehead atoms. The molecule has 2 rings (SSSR count). The lowest BCUT2D eigenvalue weighted by molar-refractivity contribution is -0.139. The first-order valence-corrected chi connectivity index (χ1v) is 7.38. The Morgan fingerprint density at radius 3 is 2.48 bits per heavy atom. The SMILES string of the molecule is CCCC1(CNC(=O)N[C@H](C(=O)O)c2ccccc2)CC1. The molecule has 1 saturated carbocycles. The molecule has 0 spiro atoms. The summed E-state index contributed by atoms with van der Waals surface area (Å²) in [5.41, 5.74) is 0.812. The Kier molecular flexibility index (Phi) is 4.83. The standard InChI is InChI=1S/C16H22N2O3/c1-2-8-16(9-10-16)11-17-15(21)18-13(14(19)20)12-6-4-3-5-7-12/h3-7,13H,2,8-11H2,1H3,(H,19,20)(H2,17,18,21)/t13-/m0/s1. The van der Waals surface area contributed by atoms with Gasteiger partial charge in [0.25, 0.3) is 0 Å². The molecule has 0 aliphatic heterocycles. The minimum atomic E-state index is -1.06. The Hall–Kier alpha value is -2.04. The van der Waals surface area contributed by atoms with Gasteiger partial charge in [0.2, 0.25) is 0 Å². The van der Waals surface area contributed by atoms with Crippen molar-refractivity contribution in [1.29, 1.82) is 0 Å². The molecule has 0 heterocycles. The van der Waals surface area contributed by atoms with Crippen LogP contribution in [-0.2, 0) is 4.79 Å². The smallest absolute Gasteiger partial charge is 0.330 e. The number of nitrogens with one attached hydrogen (secondary N) is 2. The van der Waals surface area contributed by atoms with Crippen LogP contribution in [0.15, 0.2) is 30.3 Å². The summed E-state index contributed by atoms with van der Waals surface area (Å²) in [6.07, 6.45) is 4.49. The zero-order valence-electron chi connectivity index (χ0n) is 12.3. The van der Waals surface area contributed by atoms with E-state index in [2.05, 4.69) is 17.6 Å². The molecule has 1 atom stereocenters. The summed E-state index contributed by atoms with van der Waals surface area (Å²) in [5.74, 6) is -1.06. The summed E-state index contributed by atoms with van der Waals surface area (Å²) in [5, 5.41) is 14.6. The van der Waals surface area contributed by atoms with Crippen LogP contribution in [0.5, 0.6) is 0 Å². The van der Waals surface area contributed by atoms with Crippen LogP contribution in [0.4, 0.5) is 4.79 Å². The highest BCUT2D eigenvalue weighted by Crippen LogP contribution is 2.48. The van der Waals surface area contributed by atoms with Crippen LogP contribution >= 0.6 is 0 Å². The molecule has 1 aromatic rings. The lowest BCUT2D eigenvalue weighted by Gasteiger charge is -2.18. The maximum absolute atomic E-state index is 11.9. The highest BCUT2D eigenvalue weighted by molar-refractivity contribution is 5.83. The summed E-state index contributed by atoms with van der Waals surface area (Å²) in [4.78, 5) is 23.2. The van der Waals surface area contributed by atoms with Crippen molar-refractivity contribution in [2.75, 3.05) is 6.54 Å². The van der Waals surface area contributed by atoms with Gasteiger partial charge in [-0.3, -0.25) is 0 Å². The first-order valence-electron chi connectivity index (χ1n) is 7.38. The largest absolute Gasteiger partial charge is 0.479 e. The second-order valence-corrected chi connectivity index (χ2v) is 5.76. The van der Waals surface area contributed by atoms with Crippen molar-refractivity contribution in [3.8, 4) is 0 Å². The number of carbonyl (C=O) groups excluding carboxylic acids is 1. The number of hydrogen-bond donors (Lipinski definition) is 3. The Bertz CT molecular complexity index is 498. The van der Waals surface area contributed by atoms with E-state index in [-0.39, 0.29) is 5.41 Å². The number of benzene rings is 1. The summed E-state index contributed by atoms with van der Waals surface area (Å²) < 4.78 is 0. The van der Waals surface area contributed by atoms with Gasteiger partial charge in [0.05, 0.1) is 0 Å². The van der Waals surface area contributed by atoms with E-state index >= 15 is 0 Å². The number of amides is 2. The molecule has 0 radical (unpaired) electrons. The maximum atomic E-state index is 11.9. The molecule has 1 aromatic carbocycles. The van der Waals surface area contributed by atoms with Crippen LogP contribution in [0.1, 0.15) is 44.2 Å². The number of urea groups is 1. The second-order valence-electron chi connectivity index (χ2n) is 5.76. The summed E-state index contributed by atoms with van der Waals surface area (Å²) in [6, 6.07) is 7.26. The summed E-state index contributed by atoms with van der Waals surface area (Å²) in [6.45, 7) is 2.75. The molecule has 5 heteroatoms. The van der Waals surface area contributed by atoms with Gasteiger partial charge in [-0.15, -0.1) is 0 Å². The van der Waals surface area contributed by atoms with Gasteiger partial charge < -0.3 is 15.7 Å². The van der Waals surface area contributed by atoms with Crippen molar-refractivity contribution in [3.05, 3.63) is 35.9 Å². The van der Waals surface area contributed by atoms with Gasteiger partial charge in [-0.2, -0.15) is 0 Å². The average molecular weight is 290 g/mol. The van der Waals surface area contributed by atoms with Crippen molar-refractivity contribution in [2.45, 2.75) is 38.6 Å². The van der Waals surface area contributed by atoms with Gasteiger partial charge in [-0.05, 0) is 30.2 Å². The Morgan fingerprint density at radius 1 is 1.29 bits per heavy atom. The average Bonchev–Trinajstić information content (AvgIpc) is 3.24. The van der Waals surface area contributed by atoms with Gasteiger partial charge in [0.1, 0.15) is 0 Å². The normalized spacial score (nSPS) is 16.8. The van der Waals surface area contributed by atoms with E-state index in [0.29, 0.717) is 12.1 Å². The molecule has 0 unspecified atom stereocenters. The van der Waals surface area contributed by atoms with Crippen molar-refractivity contribution >= 4 is 12.0 Å². The predicted octanol–water partition coefficient (Wildman–Crippen LogP) is 2.69. The van der Waals surface area contributed by atoms with E-state index in [0.717, 1.165) is 25.7 Å². The molecule has 114 valence electrons. The van der Waals surface area contributed by atoms with Crippen molar-refractivity contribution < 1.29 is 14.7 Å². The fraction of sp³-hybridized carbons (Fsp3) is 0.500. The van der Waals surface area contributed by atoms with Gasteiger partial charge in [-0.1, -0.05) is 43.7 Å². The van der Waals surface area contributed by atoms with E-state index in [1.54, 1.807) is 24.3 Å². The number of rotatable bonds is 7. The number of carboxylic acid groups (broad SMARTS) is 1. The molecule has 1 fully saturated rings. The molecule has 3 N–H and O–H groups in total. The molecule has 1 aliphatic rings. The minimum absolute atomic E-state index is 0.248. The first kappa shape index (κ1) is 15.4. The van der Waals surface area contributed by atoms with Crippen LogP contribution in [0.25, 0.3) is 0 Å². The lowest BCUT2D eigenvalue weighted by atomic mass is 10.0. The van der Waals surface area contributed by atoms with Crippen LogP contribution in [0.3, 0.4) is 0 Å². The van der Waals surface area contributed by atoms with Gasteiger partial charge in [-0.25, -0.2) is 9.59 Å². The Balaban J connectivity index is 1.89. The van der Waals surface area contributed by atoms with Gasteiger partial charge in [0, 0.05) is 6.54 Å². The van der Waals surface area contributed by atoms with Crippen LogP contribution < -0.4 is 10.6 Å². The third kappa shape index (κ3) is 4.21. The van der Waals surface area contributed by atoms with Crippen LogP contribution in [0, 0.1) is 5.41 Å². The summed E-state index contributed by atoms with van der Waals surface area (Å²) in [7, 11) is 0. The van der Waals surface area contributed by atoms with Crippen LogP contribution in [-0.4, -0.2) is 23.7 Å². The number of hydrogen-bond acceptors (Lipinski definition) is 2. The fourth-order valence-electron chi connectivity index (χ4n) is 2.61. The molecule has 5 nitrogen and oxygen atoms in total. The third-order valence-electron chi connectivity index (χ3n) is 4.02. The van der Waals surface area contributed by atoms with Crippen molar-refractivity contribution in [1.82, 2.24) is 10.6 Å². The quantitative estimate of drug-likeness (QED) is 0.722. The lowest BCUT2D eigenvalue weighted by Crippen LogP contribution is -2.42. The highest BCUT2D eigenvalue weighted by Gasteiger charge is 2.41. The topological polar surface area (TPSA) is 78.4 Å². The molecule has 0 aromatic heterocycles. The van der Waals surface area contributed by atoms with Gasteiger partial charge in [0.15, 0.2) is 6.04 Å². The molecule has 0 saturated heterocycles. The van der Waals surface area contributed by atoms with Crippen molar-refractivity contribution in [2.24, 2.45) is 5.41 Å². The van der Waals surface area contributed by atoms with E-state index in [1.165, 1.54) is 0 Å². The predicted molar refractivity (Wildman–Crippen MR) is 79.9 cm³/mol. The molecule has 21 heavy (non-hydrogen) atoms. The van der Waals surface area contributed by atoms with E-state index in [1.807, 2.05) is 6.07 Å². The second kappa shape index (κ2) is 6.61. The van der Waals surface area contributed by atoms with Crippen molar-refractivity contribution in [3.63, 3.8) is 0 Å².